The van der Waals surface area contributed by atoms with Crippen LogP contribution in [0.4, 0.5) is 0 Å². The van der Waals surface area contributed by atoms with E-state index < -0.39 is 17.9 Å². The summed E-state index contributed by atoms with van der Waals surface area (Å²) in [5.74, 6) is 0.0479. The standard InChI is InChI=1S/C9H18BrO4P/c1-5-13-15(12,14-6-2)9(11)8(10)7(3)4/h7-8H,5-6H2,1-4H3. The lowest BCUT2D eigenvalue weighted by Gasteiger charge is -2.20. The van der Waals surface area contributed by atoms with Crippen LogP contribution in [0.25, 0.3) is 0 Å². The van der Waals surface area contributed by atoms with Gasteiger partial charge >= 0.3 is 7.60 Å². The normalized spacial score (nSPS) is 14.3. The summed E-state index contributed by atoms with van der Waals surface area (Å²) in [6.07, 6.45) is 0. The number of carbonyl (C=O) groups excluding carboxylic acids is 1. The molecule has 0 aromatic carbocycles. The van der Waals surface area contributed by atoms with Crippen LogP contribution in [0.2, 0.25) is 0 Å². The Morgan fingerprint density at radius 1 is 1.27 bits per heavy atom. The zero-order chi connectivity index (χ0) is 12.1. The van der Waals surface area contributed by atoms with Crippen LogP contribution in [0.5, 0.6) is 0 Å². The van der Waals surface area contributed by atoms with Crippen molar-refractivity contribution in [2.24, 2.45) is 5.92 Å². The topological polar surface area (TPSA) is 52.6 Å². The number of alkyl halides is 1. The van der Waals surface area contributed by atoms with Gasteiger partial charge in [-0.15, -0.1) is 0 Å². The van der Waals surface area contributed by atoms with Crippen molar-refractivity contribution >= 4 is 29.1 Å². The monoisotopic (exact) mass is 300 g/mol. The highest BCUT2D eigenvalue weighted by atomic mass is 79.9. The number of hydrogen-bond acceptors (Lipinski definition) is 4. The van der Waals surface area contributed by atoms with Gasteiger partial charge in [0, 0.05) is 0 Å². The second-order valence-electron chi connectivity index (χ2n) is 3.32. The fraction of sp³-hybridized carbons (Fsp3) is 0.889. The van der Waals surface area contributed by atoms with E-state index in [0.717, 1.165) is 0 Å². The molecule has 0 saturated carbocycles. The van der Waals surface area contributed by atoms with E-state index in [1.807, 2.05) is 13.8 Å². The molecule has 0 fully saturated rings. The third kappa shape index (κ3) is 4.35. The minimum absolute atomic E-state index is 0.0479. The Bertz CT molecular complexity index is 244. The summed E-state index contributed by atoms with van der Waals surface area (Å²) >= 11 is 3.20. The third-order valence-corrected chi connectivity index (χ3v) is 5.53. The Hall–Kier alpha value is 0.300. The molecule has 0 aromatic rings. The molecule has 4 nitrogen and oxygen atoms in total. The molecular formula is C9H18BrO4P. The van der Waals surface area contributed by atoms with Gasteiger partial charge in [-0.1, -0.05) is 29.8 Å². The summed E-state index contributed by atoms with van der Waals surface area (Å²) in [6.45, 7) is 7.47. The summed E-state index contributed by atoms with van der Waals surface area (Å²) in [4.78, 5) is 11.3. The lowest BCUT2D eigenvalue weighted by atomic mass is 10.1. The number of halogens is 1. The van der Waals surface area contributed by atoms with Gasteiger partial charge in [-0.3, -0.25) is 9.36 Å². The van der Waals surface area contributed by atoms with Crippen molar-refractivity contribution in [2.75, 3.05) is 13.2 Å². The highest BCUT2D eigenvalue weighted by Gasteiger charge is 2.39. The first-order valence-corrected chi connectivity index (χ1v) is 7.42. The summed E-state index contributed by atoms with van der Waals surface area (Å²) in [5, 5.41) is 0. The Morgan fingerprint density at radius 2 is 1.67 bits per heavy atom. The lowest BCUT2D eigenvalue weighted by Crippen LogP contribution is -2.22. The van der Waals surface area contributed by atoms with Crippen LogP contribution < -0.4 is 0 Å². The smallest absolute Gasteiger partial charge is 0.303 e. The molecular weight excluding hydrogens is 283 g/mol. The van der Waals surface area contributed by atoms with E-state index in [9.17, 15) is 9.36 Å². The highest BCUT2D eigenvalue weighted by Crippen LogP contribution is 2.51. The van der Waals surface area contributed by atoms with Gasteiger partial charge < -0.3 is 9.05 Å². The molecule has 0 amide bonds. The second-order valence-corrected chi connectivity index (χ2v) is 6.26. The van der Waals surface area contributed by atoms with Crippen molar-refractivity contribution < 1.29 is 18.4 Å². The number of carbonyl (C=O) groups is 1. The van der Waals surface area contributed by atoms with Crippen LogP contribution in [-0.2, 0) is 18.4 Å². The third-order valence-electron chi connectivity index (χ3n) is 1.69. The van der Waals surface area contributed by atoms with Crippen LogP contribution in [0.3, 0.4) is 0 Å². The van der Waals surface area contributed by atoms with Crippen LogP contribution in [-0.4, -0.2) is 23.6 Å². The van der Waals surface area contributed by atoms with Gasteiger partial charge in [0.25, 0.3) is 5.52 Å². The molecule has 15 heavy (non-hydrogen) atoms. The Labute approximate surface area is 99.4 Å². The van der Waals surface area contributed by atoms with E-state index in [0.29, 0.717) is 0 Å². The Balaban J connectivity index is 4.77. The predicted octanol–water partition coefficient (Wildman–Crippen LogP) is 3.20. The van der Waals surface area contributed by atoms with Crippen LogP contribution in [0.15, 0.2) is 0 Å². The fourth-order valence-corrected chi connectivity index (χ4v) is 3.30. The first-order valence-electron chi connectivity index (χ1n) is 4.96. The highest BCUT2D eigenvalue weighted by molar-refractivity contribution is 9.10. The molecule has 0 spiro atoms. The molecule has 0 aliphatic carbocycles. The van der Waals surface area contributed by atoms with E-state index in [4.69, 9.17) is 9.05 Å². The predicted molar refractivity (Wildman–Crippen MR) is 63.4 cm³/mol. The molecule has 0 N–H and O–H groups in total. The summed E-state index contributed by atoms with van der Waals surface area (Å²) in [5.41, 5.74) is -0.499. The number of hydrogen-bond donors (Lipinski definition) is 0. The molecule has 90 valence electrons. The van der Waals surface area contributed by atoms with E-state index in [1.165, 1.54) is 0 Å². The van der Waals surface area contributed by atoms with Gasteiger partial charge in [0.1, 0.15) is 0 Å². The average molecular weight is 301 g/mol. The molecule has 0 aliphatic rings. The van der Waals surface area contributed by atoms with Crippen molar-refractivity contribution in [1.29, 1.82) is 0 Å². The van der Waals surface area contributed by atoms with Crippen LogP contribution >= 0.6 is 23.5 Å². The maximum absolute atomic E-state index is 12.0. The largest absolute Gasteiger partial charge is 0.397 e. The summed E-state index contributed by atoms with van der Waals surface area (Å²) < 4.78 is 21.9. The molecule has 0 aliphatic heterocycles. The van der Waals surface area contributed by atoms with Gasteiger partial charge in [-0.2, -0.15) is 0 Å². The van der Waals surface area contributed by atoms with E-state index >= 15 is 0 Å². The van der Waals surface area contributed by atoms with Gasteiger partial charge in [0.2, 0.25) is 0 Å². The first-order chi connectivity index (χ1) is 6.89. The summed E-state index contributed by atoms with van der Waals surface area (Å²) in [6, 6.07) is 0. The zero-order valence-corrected chi connectivity index (χ0v) is 12.0. The zero-order valence-electron chi connectivity index (χ0n) is 9.53. The quantitative estimate of drug-likeness (QED) is 0.535. The van der Waals surface area contributed by atoms with Crippen molar-refractivity contribution in [3.8, 4) is 0 Å². The van der Waals surface area contributed by atoms with Crippen molar-refractivity contribution in [3.05, 3.63) is 0 Å². The van der Waals surface area contributed by atoms with Crippen LogP contribution in [0, 0.1) is 5.92 Å². The molecule has 6 heteroatoms. The molecule has 0 aromatic heterocycles. The van der Waals surface area contributed by atoms with Crippen molar-refractivity contribution in [3.63, 3.8) is 0 Å². The molecule has 0 rings (SSSR count). The Kier molecular flexibility index (Phi) is 6.93. The molecule has 0 saturated heterocycles. The van der Waals surface area contributed by atoms with E-state index in [1.54, 1.807) is 13.8 Å². The molecule has 0 radical (unpaired) electrons. The maximum Gasteiger partial charge on any atom is 0.397 e. The molecule has 0 heterocycles. The minimum Gasteiger partial charge on any atom is -0.303 e. The van der Waals surface area contributed by atoms with Gasteiger partial charge in [-0.05, 0) is 19.8 Å². The average Bonchev–Trinajstić information content (AvgIpc) is 2.16. The number of rotatable bonds is 7. The second kappa shape index (κ2) is 6.79. The maximum atomic E-state index is 12.0. The van der Waals surface area contributed by atoms with Crippen molar-refractivity contribution in [1.82, 2.24) is 0 Å². The first kappa shape index (κ1) is 15.3. The van der Waals surface area contributed by atoms with Gasteiger partial charge in [0.15, 0.2) is 0 Å². The lowest BCUT2D eigenvalue weighted by molar-refractivity contribution is -0.114. The van der Waals surface area contributed by atoms with Gasteiger partial charge in [0.05, 0.1) is 18.0 Å². The fourth-order valence-electron chi connectivity index (χ4n) is 0.941. The molecule has 1 atom stereocenters. The van der Waals surface area contributed by atoms with Gasteiger partial charge in [-0.25, -0.2) is 0 Å². The van der Waals surface area contributed by atoms with Crippen LogP contribution in [0.1, 0.15) is 27.7 Å². The van der Waals surface area contributed by atoms with E-state index in [-0.39, 0.29) is 19.1 Å². The molecule has 1 unspecified atom stereocenters. The SMILES string of the molecule is CCOP(=O)(OCC)C(=O)C(Br)C(C)C. The Morgan fingerprint density at radius 3 is 1.93 bits per heavy atom. The minimum atomic E-state index is -3.61. The van der Waals surface area contributed by atoms with E-state index in [2.05, 4.69) is 15.9 Å². The molecule has 0 bridgehead atoms. The van der Waals surface area contributed by atoms with Crippen molar-refractivity contribution in [2.45, 2.75) is 32.5 Å². The summed E-state index contributed by atoms with van der Waals surface area (Å²) in [7, 11) is -3.61.